The number of hydrogen-bond acceptors (Lipinski definition) is 1. The lowest BCUT2D eigenvalue weighted by Crippen LogP contribution is -1.83. The summed E-state index contributed by atoms with van der Waals surface area (Å²) in [5.74, 6) is -0.945. The molecule has 0 heterocycles. The molecule has 0 aliphatic carbocycles. The zero-order valence-corrected chi connectivity index (χ0v) is 6.79. The molecule has 0 aromatic heterocycles. The number of carboxylic acids is 1. The third kappa shape index (κ3) is 28.6. The molecule has 0 radical (unpaired) electrons. The minimum absolute atomic E-state index is 0.945. The largest absolute Gasteiger partial charge is 0.478 e. The van der Waals surface area contributed by atoms with Gasteiger partial charge < -0.3 is 5.11 Å². The van der Waals surface area contributed by atoms with Crippen LogP contribution >= 0.6 is 0 Å². The predicted octanol–water partition coefficient (Wildman–Crippen LogP) is 2.40. The molecule has 0 unspecified atom stereocenters. The summed E-state index contributed by atoms with van der Waals surface area (Å²) in [4.78, 5) is 9.62. The Morgan fingerprint density at radius 2 is 2.00 bits per heavy atom. The fourth-order valence-electron chi connectivity index (χ4n) is 0.150. The first-order chi connectivity index (χ1) is 5.18. The van der Waals surface area contributed by atoms with E-state index in [1.54, 1.807) is 0 Å². The second kappa shape index (κ2) is 11.5. The van der Waals surface area contributed by atoms with E-state index in [0.29, 0.717) is 0 Å². The molecule has 0 spiro atoms. The summed E-state index contributed by atoms with van der Waals surface area (Å²) < 4.78 is 0. The van der Waals surface area contributed by atoms with Crippen LogP contribution in [0.3, 0.4) is 0 Å². The second-order valence-electron chi connectivity index (χ2n) is 1.63. The average molecular weight is 154 g/mol. The second-order valence-corrected chi connectivity index (χ2v) is 1.63. The minimum Gasteiger partial charge on any atom is -0.478 e. The molecule has 0 aromatic rings. The lowest BCUT2D eigenvalue weighted by atomic mass is 10.5. The lowest BCUT2D eigenvalue weighted by molar-refractivity contribution is -0.131. The highest BCUT2D eigenvalue weighted by molar-refractivity contribution is 5.79. The molecule has 0 aromatic carbocycles. The number of carbonyl (C=O) groups is 1. The van der Waals surface area contributed by atoms with Gasteiger partial charge in [-0.25, -0.2) is 4.79 Å². The number of carboxylic acid groups (broad SMARTS) is 1. The van der Waals surface area contributed by atoms with Crippen LogP contribution in [0, 0.1) is 0 Å². The Morgan fingerprint density at radius 3 is 2.09 bits per heavy atom. The summed E-state index contributed by atoms with van der Waals surface area (Å²) in [5, 5.41) is 7.91. The van der Waals surface area contributed by atoms with Crippen LogP contribution in [-0.4, -0.2) is 11.1 Å². The van der Waals surface area contributed by atoms with Crippen molar-refractivity contribution in [2.24, 2.45) is 0 Å². The molecule has 0 bridgehead atoms. The van der Waals surface area contributed by atoms with E-state index in [0.717, 1.165) is 12.5 Å². The zero-order chi connectivity index (χ0) is 9.11. The highest BCUT2D eigenvalue weighted by Crippen LogP contribution is 1.70. The quantitative estimate of drug-likeness (QED) is 0.385. The van der Waals surface area contributed by atoms with Gasteiger partial charge >= 0.3 is 5.97 Å². The molecule has 0 fully saturated rings. The van der Waals surface area contributed by atoms with Gasteiger partial charge in [-0.2, -0.15) is 0 Å². The van der Waals surface area contributed by atoms with E-state index in [9.17, 15) is 4.79 Å². The molecule has 1 N–H and O–H groups in total. The smallest absolute Gasteiger partial charge is 0.328 e. The van der Waals surface area contributed by atoms with Gasteiger partial charge in [-0.05, 0) is 6.42 Å². The summed E-state index contributed by atoms with van der Waals surface area (Å²) in [5.41, 5.74) is 0. The van der Waals surface area contributed by atoms with Crippen molar-refractivity contribution in [1.82, 2.24) is 0 Å². The van der Waals surface area contributed by atoms with E-state index >= 15 is 0 Å². The fraction of sp³-hybridized carbons (Fsp3) is 0.222. The highest BCUT2D eigenvalue weighted by atomic mass is 16.4. The maximum absolute atomic E-state index is 9.62. The van der Waals surface area contributed by atoms with Crippen LogP contribution in [0.15, 0.2) is 37.5 Å². The molecular weight excluding hydrogens is 140 g/mol. The van der Waals surface area contributed by atoms with Crippen LogP contribution in [0.2, 0.25) is 0 Å². The summed E-state index contributed by atoms with van der Waals surface area (Å²) in [7, 11) is 0. The normalized spacial score (nSPS) is 8.09. The van der Waals surface area contributed by atoms with Gasteiger partial charge in [-0.3, -0.25) is 0 Å². The molecule has 0 atom stereocenters. The minimum atomic E-state index is -0.945. The van der Waals surface area contributed by atoms with E-state index in [1.807, 2.05) is 6.08 Å². The van der Waals surface area contributed by atoms with Crippen molar-refractivity contribution in [2.45, 2.75) is 13.3 Å². The number of rotatable bonds is 3. The van der Waals surface area contributed by atoms with Crippen molar-refractivity contribution in [2.75, 3.05) is 0 Å². The van der Waals surface area contributed by atoms with Crippen LogP contribution < -0.4 is 0 Å². The van der Waals surface area contributed by atoms with E-state index in [-0.39, 0.29) is 0 Å². The van der Waals surface area contributed by atoms with E-state index < -0.39 is 5.97 Å². The Labute approximate surface area is 67.6 Å². The maximum atomic E-state index is 9.62. The third-order valence-corrected chi connectivity index (χ3v) is 0.664. The van der Waals surface area contributed by atoms with Gasteiger partial charge in [-0.15, -0.1) is 6.58 Å². The molecule has 0 rings (SSSR count). The molecular formula is C9H14O2. The number of hydrogen-bond donors (Lipinski definition) is 1. The number of allylic oxidation sites excluding steroid dienone is 3. The first-order valence-electron chi connectivity index (χ1n) is 3.31. The van der Waals surface area contributed by atoms with Gasteiger partial charge in [0.15, 0.2) is 0 Å². The standard InChI is InChI=1S/C5H6O2.C4H8/c1-2-3-4-5(6)7;1-3-4-2/h2-4H,1H2,(H,6,7);3H,1,4H2,2H3. The SMILES string of the molecule is C=CC=CC(=O)O.C=CCC. The van der Waals surface area contributed by atoms with Crippen LogP contribution in [0.25, 0.3) is 0 Å². The molecule has 62 valence electrons. The summed E-state index contributed by atoms with van der Waals surface area (Å²) in [6.45, 7) is 8.82. The highest BCUT2D eigenvalue weighted by Gasteiger charge is 1.77. The fourth-order valence-corrected chi connectivity index (χ4v) is 0.150. The Hall–Kier alpha value is -1.31. The van der Waals surface area contributed by atoms with Crippen LogP contribution in [0.5, 0.6) is 0 Å². The van der Waals surface area contributed by atoms with Crippen molar-refractivity contribution in [3.63, 3.8) is 0 Å². The van der Waals surface area contributed by atoms with Crippen LogP contribution in [0.1, 0.15) is 13.3 Å². The Kier molecular flexibility index (Phi) is 12.9. The topological polar surface area (TPSA) is 37.3 Å². The summed E-state index contributed by atoms with van der Waals surface area (Å²) in [6.07, 6.45) is 6.75. The van der Waals surface area contributed by atoms with Gasteiger partial charge in [0.05, 0.1) is 0 Å². The monoisotopic (exact) mass is 154 g/mol. The van der Waals surface area contributed by atoms with Crippen LogP contribution in [0.4, 0.5) is 0 Å². The van der Waals surface area contributed by atoms with Crippen molar-refractivity contribution in [3.8, 4) is 0 Å². The van der Waals surface area contributed by atoms with Gasteiger partial charge in [0.2, 0.25) is 0 Å². The van der Waals surface area contributed by atoms with Crippen molar-refractivity contribution in [1.29, 1.82) is 0 Å². The van der Waals surface area contributed by atoms with Crippen molar-refractivity contribution < 1.29 is 9.90 Å². The predicted molar refractivity (Wildman–Crippen MR) is 47.5 cm³/mol. The Balaban J connectivity index is 0. The van der Waals surface area contributed by atoms with Crippen molar-refractivity contribution >= 4 is 5.97 Å². The molecule has 11 heavy (non-hydrogen) atoms. The average Bonchev–Trinajstić information content (AvgIpc) is 2.01. The van der Waals surface area contributed by atoms with E-state index in [4.69, 9.17) is 5.11 Å². The van der Waals surface area contributed by atoms with Gasteiger partial charge in [0.1, 0.15) is 0 Å². The molecule has 2 nitrogen and oxygen atoms in total. The Bertz CT molecular complexity index is 146. The molecule has 0 saturated heterocycles. The van der Waals surface area contributed by atoms with Gasteiger partial charge in [0, 0.05) is 6.08 Å². The molecule has 2 heteroatoms. The summed E-state index contributed by atoms with van der Waals surface area (Å²) in [6, 6.07) is 0. The van der Waals surface area contributed by atoms with Gasteiger partial charge in [-0.1, -0.05) is 31.7 Å². The lowest BCUT2D eigenvalue weighted by Gasteiger charge is -1.70. The van der Waals surface area contributed by atoms with E-state index in [2.05, 4.69) is 20.1 Å². The van der Waals surface area contributed by atoms with Gasteiger partial charge in [0.25, 0.3) is 0 Å². The molecule has 0 aliphatic heterocycles. The summed E-state index contributed by atoms with van der Waals surface area (Å²) >= 11 is 0. The number of aliphatic carboxylic acids is 1. The Morgan fingerprint density at radius 1 is 1.55 bits per heavy atom. The third-order valence-electron chi connectivity index (χ3n) is 0.664. The first kappa shape index (κ1) is 12.4. The maximum Gasteiger partial charge on any atom is 0.328 e. The van der Waals surface area contributed by atoms with Crippen LogP contribution in [-0.2, 0) is 4.79 Å². The van der Waals surface area contributed by atoms with E-state index in [1.165, 1.54) is 12.2 Å². The zero-order valence-electron chi connectivity index (χ0n) is 6.79. The molecule has 0 amide bonds. The molecule has 0 aliphatic rings. The first-order valence-corrected chi connectivity index (χ1v) is 3.31. The molecule has 0 saturated carbocycles. The van der Waals surface area contributed by atoms with Crippen molar-refractivity contribution in [3.05, 3.63) is 37.5 Å².